The topological polar surface area (TPSA) is 98.2 Å². The van der Waals surface area contributed by atoms with Gasteiger partial charge in [-0.05, 0) is 43.7 Å². The van der Waals surface area contributed by atoms with Crippen LogP contribution in [0.25, 0.3) is 0 Å². The van der Waals surface area contributed by atoms with Crippen LogP contribution < -0.4 is 4.90 Å². The van der Waals surface area contributed by atoms with Crippen molar-refractivity contribution in [2.24, 2.45) is 17.8 Å². The summed E-state index contributed by atoms with van der Waals surface area (Å²) in [7, 11) is 0. The second-order valence-electron chi connectivity index (χ2n) is 10.2. The van der Waals surface area contributed by atoms with Gasteiger partial charge in [-0.1, -0.05) is 49.6 Å². The zero-order valence-electron chi connectivity index (χ0n) is 20.9. The number of nitrogens with zero attached hydrogens (tertiary/aromatic N) is 2. The van der Waals surface area contributed by atoms with Crippen molar-refractivity contribution in [1.29, 1.82) is 0 Å². The van der Waals surface area contributed by atoms with Gasteiger partial charge in [0, 0.05) is 24.9 Å². The number of aliphatic hydroxyl groups is 1. The van der Waals surface area contributed by atoms with E-state index in [2.05, 4.69) is 13.5 Å². The summed E-state index contributed by atoms with van der Waals surface area (Å²) in [5.74, 6) is -2.91. The SMILES string of the molecule is C=CCN(C(=O)C1N(CCCCCCO)C(=O)[C@@H]2[C@@H](C(=O)O)[C@H]3CC(C)C12S3)c1c(C)cccc1Cl. The first-order valence-electron chi connectivity index (χ1n) is 12.7. The Bertz CT molecular complexity index is 1030. The van der Waals surface area contributed by atoms with Crippen LogP contribution in [-0.2, 0) is 14.4 Å². The van der Waals surface area contributed by atoms with Gasteiger partial charge in [-0.25, -0.2) is 0 Å². The van der Waals surface area contributed by atoms with Gasteiger partial charge in [0.15, 0.2) is 0 Å². The fraction of sp³-hybridized carbons (Fsp3) is 0.593. The van der Waals surface area contributed by atoms with Crippen LogP contribution in [0.4, 0.5) is 5.69 Å². The summed E-state index contributed by atoms with van der Waals surface area (Å²) in [5.41, 5.74) is 1.44. The first kappa shape index (κ1) is 27.0. The summed E-state index contributed by atoms with van der Waals surface area (Å²) in [4.78, 5) is 44.0. The Balaban J connectivity index is 1.77. The molecule has 3 heterocycles. The number of aliphatic hydroxyl groups excluding tert-OH is 1. The van der Waals surface area contributed by atoms with Gasteiger partial charge in [0.1, 0.15) is 6.04 Å². The number of carbonyl (C=O) groups is 3. The van der Waals surface area contributed by atoms with Gasteiger partial charge >= 0.3 is 5.97 Å². The Kier molecular flexibility index (Phi) is 8.07. The average Bonchev–Trinajstić information content (AvgIpc) is 3.41. The Hall–Kier alpha value is -2.03. The fourth-order valence-corrected chi connectivity index (χ4v) is 9.33. The van der Waals surface area contributed by atoms with Crippen molar-refractivity contribution < 1.29 is 24.6 Å². The van der Waals surface area contributed by atoms with Crippen molar-refractivity contribution in [2.45, 2.75) is 62.0 Å². The Morgan fingerprint density at radius 3 is 2.67 bits per heavy atom. The highest BCUT2D eigenvalue weighted by Gasteiger charge is 2.76. The smallest absolute Gasteiger partial charge is 0.308 e. The lowest BCUT2D eigenvalue weighted by Gasteiger charge is -2.40. The van der Waals surface area contributed by atoms with Gasteiger partial charge in [0.05, 0.1) is 27.3 Å². The molecule has 3 aliphatic heterocycles. The number of benzene rings is 1. The van der Waals surface area contributed by atoms with E-state index in [1.807, 2.05) is 19.1 Å². The lowest BCUT2D eigenvalue weighted by atomic mass is 9.66. The number of hydrogen-bond donors (Lipinski definition) is 2. The molecule has 2 N–H and O–H groups in total. The molecule has 196 valence electrons. The van der Waals surface area contributed by atoms with E-state index in [1.165, 1.54) is 0 Å². The van der Waals surface area contributed by atoms with Gasteiger partial charge in [-0.3, -0.25) is 14.4 Å². The third kappa shape index (κ3) is 4.25. The number of carboxylic acid groups (broad SMARTS) is 1. The molecule has 6 atom stereocenters. The molecule has 0 saturated carbocycles. The van der Waals surface area contributed by atoms with Gasteiger partial charge in [-0.15, -0.1) is 18.3 Å². The van der Waals surface area contributed by atoms with Gasteiger partial charge in [0.2, 0.25) is 5.91 Å². The quantitative estimate of drug-likeness (QED) is 0.327. The van der Waals surface area contributed by atoms with E-state index in [9.17, 15) is 19.5 Å². The molecule has 1 aromatic carbocycles. The third-order valence-electron chi connectivity index (χ3n) is 8.11. The molecule has 4 rings (SSSR count). The van der Waals surface area contributed by atoms with E-state index < -0.39 is 28.6 Å². The molecule has 3 aliphatic rings. The third-order valence-corrected chi connectivity index (χ3v) is 10.5. The highest BCUT2D eigenvalue weighted by molar-refractivity contribution is 8.02. The highest BCUT2D eigenvalue weighted by Crippen LogP contribution is 2.68. The molecule has 2 bridgehead atoms. The maximum absolute atomic E-state index is 14.5. The Morgan fingerprint density at radius 1 is 1.31 bits per heavy atom. The van der Waals surface area contributed by atoms with E-state index in [-0.39, 0.29) is 36.1 Å². The maximum Gasteiger partial charge on any atom is 0.308 e. The number of hydrogen-bond acceptors (Lipinski definition) is 5. The maximum atomic E-state index is 14.5. The number of amides is 2. The monoisotopic (exact) mass is 534 g/mol. The van der Waals surface area contributed by atoms with Crippen molar-refractivity contribution in [3.05, 3.63) is 41.4 Å². The van der Waals surface area contributed by atoms with Crippen molar-refractivity contribution in [3.63, 3.8) is 0 Å². The van der Waals surface area contributed by atoms with E-state index in [4.69, 9.17) is 16.7 Å². The Labute approximate surface area is 221 Å². The van der Waals surface area contributed by atoms with Crippen LogP contribution in [0, 0.1) is 24.7 Å². The number of halogens is 1. The minimum Gasteiger partial charge on any atom is -0.481 e. The van der Waals surface area contributed by atoms with E-state index in [1.54, 1.807) is 33.7 Å². The lowest BCUT2D eigenvalue weighted by Crippen LogP contribution is -2.57. The van der Waals surface area contributed by atoms with Crippen LogP contribution in [0.5, 0.6) is 0 Å². The summed E-state index contributed by atoms with van der Waals surface area (Å²) in [6, 6.07) is 4.69. The lowest BCUT2D eigenvalue weighted by molar-refractivity contribution is -0.149. The molecule has 0 aliphatic carbocycles. The number of aliphatic carboxylic acids is 1. The molecule has 1 spiro atoms. The van der Waals surface area contributed by atoms with Crippen LogP contribution in [0.2, 0.25) is 5.02 Å². The van der Waals surface area contributed by atoms with Crippen LogP contribution in [-0.4, -0.2) is 68.6 Å². The molecule has 0 aromatic heterocycles. The van der Waals surface area contributed by atoms with E-state index >= 15 is 0 Å². The number of rotatable bonds is 11. The molecule has 9 heteroatoms. The van der Waals surface area contributed by atoms with Crippen LogP contribution in [0.3, 0.4) is 0 Å². The highest BCUT2D eigenvalue weighted by atomic mass is 35.5. The number of aryl methyl sites for hydroxylation is 1. The number of thioether (sulfide) groups is 1. The van der Waals surface area contributed by atoms with Crippen molar-refractivity contribution in [2.75, 3.05) is 24.6 Å². The van der Waals surface area contributed by atoms with Gasteiger partial charge in [-0.2, -0.15) is 0 Å². The molecule has 1 aromatic rings. The zero-order valence-corrected chi connectivity index (χ0v) is 22.4. The zero-order chi connectivity index (χ0) is 26.2. The standard InChI is InChI=1S/C27H35ClN2O5S/c1-4-12-29(22-16(2)10-9-11-18(22)28)25(33)23-27-17(3)15-19(36-27)20(26(34)35)21(27)24(32)30(23)13-7-5-6-8-14-31/h4,9-11,17,19-21,23,31H,1,5-8,12-15H2,2-3H3,(H,34,35)/t17?,19-,20+,21+,23?,27?/m1/s1. The summed E-state index contributed by atoms with van der Waals surface area (Å²) in [5, 5.41) is 19.4. The van der Waals surface area contributed by atoms with E-state index in [0.717, 1.165) is 18.4 Å². The first-order chi connectivity index (χ1) is 17.2. The molecule has 7 nitrogen and oxygen atoms in total. The molecular weight excluding hydrogens is 500 g/mol. The molecular formula is C27H35ClN2O5S. The number of likely N-dealkylation sites (tertiary alicyclic amines) is 1. The minimum atomic E-state index is -0.958. The molecule has 0 radical (unpaired) electrons. The average molecular weight is 535 g/mol. The minimum absolute atomic E-state index is 0.0170. The summed E-state index contributed by atoms with van der Waals surface area (Å²) >= 11 is 8.12. The van der Waals surface area contributed by atoms with Gasteiger partial charge in [0.25, 0.3) is 5.91 Å². The second-order valence-corrected chi connectivity index (χ2v) is 12.2. The fourth-order valence-electron chi connectivity index (χ4n) is 6.60. The molecule has 3 fully saturated rings. The number of fused-ring (bicyclic) bond motifs is 1. The van der Waals surface area contributed by atoms with Crippen LogP contribution in [0.15, 0.2) is 30.9 Å². The van der Waals surface area contributed by atoms with E-state index in [0.29, 0.717) is 36.5 Å². The number of unbranched alkanes of at least 4 members (excludes halogenated alkanes) is 3. The summed E-state index contributed by atoms with van der Waals surface area (Å²) < 4.78 is -0.790. The normalized spacial score (nSPS) is 30.5. The number of para-hydroxylation sites is 1. The van der Waals surface area contributed by atoms with Crippen LogP contribution >= 0.6 is 23.4 Å². The number of carbonyl (C=O) groups excluding carboxylic acids is 2. The second kappa shape index (κ2) is 10.8. The summed E-state index contributed by atoms with van der Waals surface area (Å²) in [6.45, 7) is 8.52. The molecule has 36 heavy (non-hydrogen) atoms. The first-order valence-corrected chi connectivity index (χ1v) is 14.0. The largest absolute Gasteiger partial charge is 0.481 e. The molecule has 2 amide bonds. The molecule has 3 saturated heterocycles. The summed E-state index contributed by atoms with van der Waals surface area (Å²) in [6.07, 6.45) is 5.35. The molecule has 3 unspecified atom stereocenters. The number of anilines is 1. The predicted octanol–water partition coefficient (Wildman–Crippen LogP) is 4.14. The Morgan fingerprint density at radius 2 is 2.03 bits per heavy atom. The van der Waals surface area contributed by atoms with Gasteiger partial charge < -0.3 is 20.0 Å². The number of carboxylic acids is 1. The van der Waals surface area contributed by atoms with Crippen molar-refractivity contribution in [3.8, 4) is 0 Å². The van der Waals surface area contributed by atoms with Crippen LogP contribution in [0.1, 0.15) is 44.6 Å². The predicted molar refractivity (Wildman–Crippen MR) is 142 cm³/mol. The van der Waals surface area contributed by atoms with Crippen molar-refractivity contribution >= 4 is 46.8 Å². The van der Waals surface area contributed by atoms with Crippen molar-refractivity contribution in [1.82, 2.24) is 4.90 Å².